The van der Waals surface area contributed by atoms with E-state index < -0.39 is 5.92 Å². The predicted octanol–water partition coefficient (Wildman–Crippen LogP) is 7.54. The fraction of sp³-hybridized carbons (Fsp3) is 0.900. The first-order valence-electron chi connectivity index (χ1n) is 9.03. The summed E-state index contributed by atoms with van der Waals surface area (Å²) < 4.78 is 38.1. The molecule has 0 aromatic heterocycles. The highest BCUT2D eigenvalue weighted by Gasteiger charge is 2.38. The Morgan fingerprint density at radius 1 is 0.870 bits per heavy atom. The van der Waals surface area contributed by atoms with Crippen molar-refractivity contribution in [2.45, 2.75) is 92.4 Å². The summed E-state index contributed by atoms with van der Waals surface area (Å²) in [6, 6.07) is 0. The fourth-order valence-electron chi connectivity index (χ4n) is 3.49. The van der Waals surface area contributed by atoms with Crippen LogP contribution in [0.25, 0.3) is 0 Å². The standard InChI is InChI=1S/C10H18F2.C10H17F/c1-9(2,3)8-4-6-10(11,12)7-5-8;1-10(2,3)8-4-6-9(11)7-5-8/h8H,4-7H2,1-3H3;6,8H,4-5,7H2,1-3H3. The molecule has 0 saturated heterocycles. The van der Waals surface area contributed by atoms with Crippen LogP contribution in [0.5, 0.6) is 0 Å². The largest absolute Gasteiger partial charge is 0.248 e. The second kappa shape index (κ2) is 7.61. The number of hydrogen-bond donors (Lipinski definition) is 0. The van der Waals surface area contributed by atoms with Gasteiger partial charge in [-0.3, -0.25) is 0 Å². The third-order valence-electron chi connectivity index (χ3n) is 5.52. The minimum Gasteiger partial charge on any atom is -0.212 e. The molecule has 1 atom stereocenters. The fourth-order valence-corrected chi connectivity index (χ4v) is 3.49. The summed E-state index contributed by atoms with van der Waals surface area (Å²) in [6.07, 6.45) is 5.92. The van der Waals surface area contributed by atoms with E-state index in [1.165, 1.54) is 0 Å². The van der Waals surface area contributed by atoms with Crippen molar-refractivity contribution in [1.29, 1.82) is 0 Å². The maximum Gasteiger partial charge on any atom is 0.248 e. The van der Waals surface area contributed by atoms with E-state index in [0.717, 1.165) is 12.8 Å². The highest BCUT2D eigenvalue weighted by Crippen LogP contribution is 2.43. The summed E-state index contributed by atoms with van der Waals surface area (Å²) in [5.74, 6) is -1.13. The Balaban J connectivity index is 0.000000231. The average Bonchev–Trinajstić information content (AvgIpc) is 2.37. The van der Waals surface area contributed by atoms with Crippen LogP contribution in [0.3, 0.4) is 0 Å². The summed E-state index contributed by atoms with van der Waals surface area (Å²) in [7, 11) is 0. The van der Waals surface area contributed by atoms with E-state index in [0.29, 0.717) is 36.5 Å². The summed E-state index contributed by atoms with van der Waals surface area (Å²) in [5, 5.41) is 0. The quantitative estimate of drug-likeness (QED) is 0.429. The zero-order valence-corrected chi connectivity index (χ0v) is 15.8. The molecule has 1 saturated carbocycles. The van der Waals surface area contributed by atoms with E-state index in [9.17, 15) is 13.2 Å². The first-order valence-corrected chi connectivity index (χ1v) is 9.03. The molecule has 136 valence electrons. The van der Waals surface area contributed by atoms with Crippen LogP contribution in [0.15, 0.2) is 11.9 Å². The molecule has 23 heavy (non-hydrogen) atoms. The third-order valence-corrected chi connectivity index (χ3v) is 5.52. The lowest BCUT2D eigenvalue weighted by molar-refractivity contribution is -0.0582. The van der Waals surface area contributed by atoms with E-state index >= 15 is 0 Å². The Hall–Kier alpha value is -0.470. The average molecular weight is 332 g/mol. The molecule has 1 fully saturated rings. The second-order valence-electron chi connectivity index (χ2n) is 9.48. The van der Waals surface area contributed by atoms with Crippen molar-refractivity contribution in [3.05, 3.63) is 11.9 Å². The second-order valence-corrected chi connectivity index (χ2v) is 9.48. The molecule has 0 bridgehead atoms. The van der Waals surface area contributed by atoms with Crippen LogP contribution in [0.2, 0.25) is 0 Å². The van der Waals surface area contributed by atoms with Crippen LogP contribution >= 0.6 is 0 Å². The van der Waals surface area contributed by atoms with Crippen molar-refractivity contribution in [1.82, 2.24) is 0 Å². The monoisotopic (exact) mass is 332 g/mol. The molecule has 0 heterocycles. The van der Waals surface area contributed by atoms with Gasteiger partial charge in [-0.2, -0.15) is 0 Å². The zero-order chi connectivity index (χ0) is 17.9. The highest BCUT2D eigenvalue weighted by atomic mass is 19.3. The minimum absolute atomic E-state index is 0.0884. The van der Waals surface area contributed by atoms with Gasteiger partial charge in [-0.1, -0.05) is 47.6 Å². The van der Waals surface area contributed by atoms with Crippen LogP contribution in [0.1, 0.15) is 86.5 Å². The molecule has 2 aliphatic carbocycles. The van der Waals surface area contributed by atoms with Crippen molar-refractivity contribution in [2.24, 2.45) is 22.7 Å². The molecule has 0 aromatic carbocycles. The van der Waals surface area contributed by atoms with Crippen LogP contribution < -0.4 is 0 Å². The molecule has 0 N–H and O–H groups in total. The normalized spacial score (nSPS) is 26.1. The topological polar surface area (TPSA) is 0 Å². The van der Waals surface area contributed by atoms with Gasteiger partial charge in [0.15, 0.2) is 0 Å². The summed E-state index contributed by atoms with van der Waals surface area (Å²) in [5.41, 5.74) is 0.549. The Bertz CT molecular complexity index is 386. The predicted molar refractivity (Wildman–Crippen MR) is 92.3 cm³/mol. The molecule has 0 aliphatic heterocycles. The first kappa shape index (κ1) is 20.6. The zero-order valence-electron chi connectivity index (χ0n) is 15.8. The maximum atomic E-state index is 12.8. The molecule has 0 nitrogen and oxygen atoms in total. The molecular formula is C20H35F3. The van der Waals surface area contributed by atoms with E-state index in [1.54, 1.807) is 6.08 Å². The Morgan fingerprint density at radius 3 is 1.70 bits per heavy atom. The smallest absolute Gasteiger partial charge is 0.212 e. The van der Waals surface area contributed by atoms with Crippen LogP contribution in [0, 0.1) is 22.7 Å². The van der Waals surface area contributed by atoms with Gasteiger partial charge < -0.3 is 0 Å². The number of hydrogen-bond acceptors (Lipinski definition) is 0. The van der Waals surface area contributed by atoms with Gasteiger partial charge in [0, 0.05) is 12.8 Å². The van der Waals surface area contributed by atoms with E-state index in [2.05, 4.69) is 41.5 Å². The van der Waals surface area contributed by atoms with Gasteiger partial charge >= 0.3 is 0 Å². The number of halogens is 3. The minimum atomic E-state index is -2.37. The molecule has 0 amide bonds. The SMILES string of the molecule is CC(C)(C)C1CC=C(F)CC1.CC(C)(C)C1CCC(F)(F)CC1. The number of rotatable bonds is 0. The van der Waals surface area contributed by atoms with Gasteiger partial charge in [0.25, 0.3) is 0 Å². The summed E-state index contributed by atoms with van der Waals surface area (Å²) in [4.78, 5) is 0. The molecule has 3 heteroatoms. The van der Waals surface area contributed by atoms with Crippen LogP contribution in [0.4, 0.5) is 13.2 Å². The van der Waals surface area contributed by atoms with Crippen molar-refractivity contribution in [3.63, 3.8) is 0 Å². The van der Waals surface area contributed by atoms with E-state index in [4.69, 9.17) is 0 Å². The molecule has 2 aliphatic rings. The number of allylic oxidation sites excluding steroid dienone is 2. The lowest BCUT2D eigenvalue weighted by Gasteiger charge is -2.36. The van der Waals surface area contributed by atoms with Crippen molar-refractivity contribution in [3.8, 4) is 0 Å². The van der Waals surface area contributed by atoms with Crippen molar-refractivity contribution >= 4 is 0 Å². The third kappa shape index (κ3) is 7.30. The van der Waals surface area contributed by atoms with E-state index in [-0.39, 0.29) is 24.1 Å². The lowest BCUT2D eigenvalue weighted by atomic mass is 9.71. The summed E-state index contributed by atoms with van der Waals surface area (Å²) >= 11 is 0. The molecule has 0 spiro atoms. The van der Waals surface area contributed by atoms with Gasteiger partial charge in [0.2, 0.25) is 5.92 Å². The molecule has 0 radical (unpaired) electrons. The number of alkyl halides is 2. The van der Waals surface area contributed by atoms with Gasteiger partial charge in [-0.15, -0.1) is 0 Å². The van der Waals surface area contributed by atoms with Gasteiger partial charge in [0.1, 0.15) is 0 Å². The Morgan fingerprint density at radius 2 is 1.35 bits per heavy atom. The van der Waals surface area contributed by atoms with E-state index in [1.807, 2.05) is 0 Å². The maximum absolute atomic E-state index is 12.8. The Kier molecular flexibility index (Phi) is 6.81. The van der Waals surface area contributed by atoms with Crippen LogP contribution in [-0.4, -0.2) is 5.92 Å². The molecule has 2 rings (SSSR count). The van der Waals surface area contributed by atoms with Gasteiger partial charge in [-0.05, 0) is 54.8 Å². The first-order chi connectivity index (χ1) is 10.3. The van der Waals surface area contributed by atoms with Gasteiger partial charge in [-0.25, -0.2) is 13.2 Å². The lowest BCUT2D eigenvalue weighted by Crippen LogP contribution is -2.31. The highest BCUT2D eigenvalue weighted by molar-refractivity contribution is 4.99. The summed E-state index contributed by atoms with van der Waals surface area (Å²) in [6.45, 7) is 13.1. The molecule has 0 aromatic rings. The molecule has 1 unspecified atom stereocenters. The Labute approximate surface area is 140 Å². The van der Waals surface area contributed by atoms with Gasteiger partial charge in [0.05, 0.1) is 5.83 Å². The van der Waals surface area contributed by atoms with Crippen molar-refractivity contribution < 1.29 is 13.2 Å². The van der Waals surface area contributed by atoms with Crippen LogP contribution in [-0.2, 0) is 0 Å². The molecular weight excluding hydrogens is 297 g/mol. The van der Waals surface area contributed by atoms with Crippen molar-refractivity contribution in [2.75, 3.05) is 0 Å².